The first-order valence-electron chi connectivity index (χ1n) is 7.11. The van der Waals surface area contributed by atoms with Crippen molar-refractivity contribution in [2.45, 2.75) is 45.1 Å². The first-order chi connectivity index (χ1) is 9.04. The van der Waals surface area contributed by atoms with E-state index in [1.54, 1.807) is 11.3 Å². The maximum atomic E-state index is 10.9. The summed E-state index contributed by atoms with van der Waals surface area (Å²) < 4.78 is 1.22. The van der Waals surface area contributed by atoms with Gasteiger partial charge in [-0.15, -0.1) is 11.3 Å². The molecular formula is C16H21NOS. The Kier molecular flexibility index (Phi) is 3.35. The van der Waals surface area contributed by atoms with Gasteiger partial charge in [0, 0.05) is 6.42 Å². The molecule has 3 rings (SSSR count). The molecule has 1 aromatic heterocycles. The van der Waals surface area contributed by atoms with E-state index in [1.807, 2.05) is 18.2 Å². The van der Waals surface area contributed by atoms with Crippen molar-refractivity contribution in [3.8, 4) is 0 Å². The minimum atomic E-state index is -0.551. The molecule has 0 bridgehead atoms. The van der Waals surface area contributed by atoms with Gasteiger partial charge in [0.1, 0.15) is 0 Å². The summed E-state index contributed by atoms with van der Waals surface area (Å²) in [4.78, 5) is 4.66. The summed E-state index contributed by atoms with van der Waals surface area (Å²) in [5.74, 6) is 1.23. The van der Waals surface area contributed by atoms with Crippen LogP contribution in [0.2, 0.25) is 0 Å². The third kappa shape index (κ3) is 2.82. The lowest BCUT2D eigenvalue weighted by molar-refractivity contribution is -0.0304. The Labute approximate surface area is 118 Å². The number of benzene rings is 1. The second-order valence-electron chi connectivity index (χ2n) is 6.33. The summed E-state index contributed by atoms with van der Waals surface area (Å²) >= 11 is 1.72. The maximum Gasteiger partial charge on any atom is 0.0967 e. The predicted molar refractivity (Wildman–Crippen MR) is 80.5 cm³/mol. The second kappa shape index (κ2) is 4.88. The molecular weight excluding hydrogens is 254 g/mol. The average Bonchev–Trinajstić information content (AvgIpc) is 2.67. The maximum absolute atomic E-state index is 10.9. The van der Waals surface area contributed by atoms with Crippen molar-refractivity contribution in [3.05, 3.63) is 29.3 Å². The summed E-state index contributed by atoms with van der Waals surface area (Å²) in [6.45, 7) is 4.50. The highest BCUT2D eigenvalue weighted by Gasteiger charge is 2.36. The van der Waals surface area contributed by atoms with Crippen molar-refractivity contribution in [2.24, 2.45) is 11.8 Å². The molecule has 0 spiro atoms. The van der Waals surface area contributed by atoms with E-state index in [0.29, 0.717) is 18.3 Å². The van der Waals surface area contributed by atoms with Crippen molar-refractivity contribution in [1.82, 2.24) is 4.98 Å². The number of rotatable bonds is 2. The predicted octanol–water partition coefficient (Wildman–Crippen LogP) is 4.03. The molecule has 1 saturated carbocycles. The van der Waals surface area contributed by atoms with Gasteiger partial charge in [0.25, 0.3) is 0 Å². The highest BCUT2D eigenvalue weighted by atomic mass is 32.1. The molecule has 19 heavy (non-hydrogen) atoms. The lowest BCUT2D eigenvalue weighted by Crippen LogP contribution is -2.39. The molecule has 0 radical (unpaired) electrons. The quantitative estimate of drug-likeness (QED) is 0.897. The number of thiazole rings is 1. The Balaban J connectivity index is 1.83. The van der Waals surface area contributed by atoms with Gasteiger partial charge in [0.05, 0.1) is 20.8 Å². The number of fused-ring (bicyclic) bond motifs is 1. The third-order valence-corrected chi connectivity index (χ3v) is 5.12. The second-order valence-corrected chi connectivity index (χ2v) is 7.45. The summed E-state index contributed by atoms with van der Waals surface area (Å²) in [7, 11) is 0. The van der Waals surface area contributed by atoms with Gasteiger partial charge < -0.3 is 5.11 Å². The number of para-hydroxylation sites is 1. The molecule has 2 atom stereocenters. The van der Waals surface area contributed by atoms with Crippen molar-refractivity contribution in [2.75, 3.05) is 0 Å². The van der Waals surface area contributed by atoms with Crippen LogP contribution in [0.25, 0.3) is 10.2 Å². The minimum Gasteiger partial charge on any atom is -0.389 e. The van der Waals surface area contributed by atoms with Crippen LogP contribution in [0.5, 0.6) is 0 Å². The van der Waals surface area contributed by atoms with E-state index < -0.39 is 5.60 Å². The Morgan fingerprint density at radius 1 is 1.26 bits per heavy atom. The zero-order chi connectivity index (χ0) is 13.5. The molecule has 1 fully saturated rings. The van der Waals surface area contributed by atoms with Crippen molar-refractivity contribution in [3.63, 3.8) is 0 Å². The van der Waals surface area contributed by atoms with Gasteiger partial charge in [0.2, 0.25) is 0 Å². The van der Waals surface area contributed by atoms with Crippen LogP contribution in [0, 0.1) is 11.8 Å². The molecule has 2 nitrogen and oxygen atoms in total. The standard InChI is InChI=1S/C16H21NOS/c1-11-7-12(2)9-16(18,8-11)10-15-17-13-5-3-4-6-14(13)19-15/h3-6,11-12,18H,7-10H2,1-2H3. The molecule has 102 valence electrons. The number of hydrogen-bond donors (Lipinski definition) is 1. The SMILES string of the molecule is CC1CC(C)CC(O)(Cc2nc3ccccc3s2)C1. The fourth-order valence-corrected chi connectivity index (χ4v) is 4.76. The molecule has 1 aliphatic carbocycles. The van der Waals surface area contributed by atoms with E-state index in [2.05, 4.69) is 24.9 Å². The van der Waals surface area contributed by atoms with Crippen LogP contribution in [0.4, 0.5) is 0 Å². The van der Waals surface area contributed by atoms with Crippen LogP contribution >= 0.6 is 11.3 Å². The Morgan fingerprint density at radius 3 is 2.63 bits per heavy atom. The molecule has 3 heteroatoms. The minimum absolute atomic E-state index is 0.551. The van der Waals surface area contributed by atoms with Gasteiger partial charge in [-0.1, -0.05) is 26.0 Å². The van der Waals surface area contributed by atoms with E-state index in [0.717, 1.165) is 23.4 Å². The highest BCUT2D eigenvalue weighted by molar-refractivity contribution is 7.18. The summed E-state index contributed by atoms with van der Waals surface area (Å²) in [6, 6.07) is 8.22. The van der Waals surface area contributed by atoms with Crippen LogP contribution in [0.1, 0.15) is 38.1 Å². The van der Waals surface area contributed by atoms with Crippen LogP contribution in [-0.2, 0) is 6.42 Å². The molecule has 2 aromatic rings. The highest BCUT2D eigenvalue weighted by Crippen LogP contribution is 2.38. The largest absolute Gasteiger partial charge is 0.389 e. The average molecular weight is 275 g/mol. The molecule has 1 N–H and O–H groups in total. The smallest absolute Gasteiger partial charge is 0.0967 e. The van der Waals surface area contributed by atoms with Gasteiger partial charge in [-0.25, -0.2) is 4.98 Å². The molecule has 0 aliphatic heterocycles. The number of aromatic nitrogens is 1. The molecule has 1 heterocycles. The van der Waals surface area contributed by atoms with Gasteiger partial charge in [-0.3, -0.25) is 0 Å². The van der Waals surface area contributed by atoms with Crippen LogP contribution in [0.3, 0.4) is 0 Å². The molecule has 0 amide bonds. The topological polar surface area (TPSA) is 33.1 Å². The molecule has 1 aromatic carbocycles. The molecule has 0 saturated heterocycles. The number of hydrogen-bond acceptors (Lipinski definition) is 3. The van der Waals surface area contributed by atoms with Crippen LogP contribution < -0.4 is 0 Å². The Bertz CT molecular complexity index is 534. The van der Waals surface area contributed by atoms with Gasteiger partial charge in [-0.2, -0.15) is 0 Å². The zero-order valence-electron chi connectivity index (χ0n) is 11.6. The summed E-state index contributed by atoms with van der Waals surface area (Å²) in [5.41, 5.74) is 0.508. The van der Waals surface area contributed by atoms with E-state index in [4.69, 9.17) is 0 Å². The monoisotopic (exact) mass is 275 g/mol. The van der Waals surface area contributed by atoms with E-state index in [1.165, 1.54) is 11.1 Å². The lowest BCUT2D eigenvalue weighted by Gasteiger charge is -2.38. The number of nitrogens with zero attached hydrogens (tertiary/aromatic N) is 1. The summed E-state index contributed by atoms with van der Waals surface area (Å²) in [6.07, 6.45) is 3.77. The summed E-state index contributed by atoms with van der Waals surface area (Å²) in [5, 5.41) is 11.9. The van der Waals surface area contributed by atoms with Crippen molar-refractivity contribution in [1.29, 1.82) is 0 Å². The Morgan fingerprint density at radius 2 is 1.95 bits per heavy atom. The number of aliphatic hydroxyl groups is 1. The van der Waals surface area contributed by atoms with E-state index in [-0.39, 0.29) is 0 Å². The van der Waals surface area contributed by atoms with Crippen LogP contribution in [-0.4, -0.2) is 15.7 Å². The van der Waals surface area contributed by atoms with E-state index >= 15 is 0 Å². The van der Waals surface area contributed by atoms with Gasteiger partial charge in [-0.05, 0) is 43.2 Å². The first kappa shape index (κ1) is 13.1. The van der Waals surface area contributed by atoms with Crippen molar-refractivity contribution < 1.29 is 5.11 Å². The first-order valence-corrected chi connectivity index (χ1v) is 7.92. The van der Waals surface area contributed by atoms with Crippen molar-refractivity contribution >= 4 is 21.6 Å². The zero-order valence-corrected chi connectivity index (χ0v) is 12.4. The molecule has 1 aliphatic rings. The third-order valence-electron chi connectivity index (χ3n) is 4.08. The fraction of sp³-hybridized carbons (Fsp3) is 0.562. The fourth-order valence-electron chi connectivity index (χ4n) is 3.66. The lowest BCUT2D eigenvalue weighted by atomic mass is 9.72. The molecule has 2 unspecified atom stereocenters. The Hall–Kier alpha value is -0.930. The van der Waals surface area contributed by atoms with Crippen LogP contribution in [0.15, 0.2) is 24.3 Å². The normalized spacial score (nSPS) is 31.7. The van der Waals surface area contributed by atoms with E-state index in [9.17, 15) is 5.11 Å². The van der Waals surface area contributed by atoms with Gasteiger partial charge >= 0.3 is 0 Å². The van der Waals surface area contributed by atoms with Gasteiger partial charge in [0.15, 0.2) is 0 Å².